The van der Waals surface area contributed by atoms with Crippen molar-refractivity contribution in [2.45, 2.75) is 32.2 Å². The van der Waals surface area contributed by atoms with Crippen molar-refractivity contribution in [2.24, 2.45) is 5.92 Å². The molecule has 1 N–H and O–H groups in total. The van der Waals surface area contributed by atoms with E-state index in [1.54, 1.807) is 6.07 Å². The molecule has 0 spiro atoms. The Bertz CT molecular complexity index is 436. The molecule has 0 radical (unpaired) electrons. The molecule has 0 amide bonds. The predicted molar refractivity (Wildman–Crippen MR) is 77.6 cm³/mol. The van der Waals surface area contributed by atoms with Crippen molar-refractivity contribution in [1.82, 2.24) is 10.2 Å². The normalized spacial score (nSPS) is 24.0. The number of hydrogen-bond donors (Lipinski definition) is 1. The molecule has 0 saturated carbocycles. The summed E-state index contributed by atoms with van der Waals surface area (Å²) in [6.45, 7) is 4.97. The van der Waals surface area contributed by atoms with Gasteiger partial charge in [-0.2, -0.15) is 0 Å². The van der Waals surface area contributed by atoms with E-state index in [-0.39, 0.29) is 6.04 Å². The van der Waals surface area contributed by atoms with Crippen molar-refractivity contribution >= 4 is 0 Å². The number of piperidine rings is 1. The fourth-order valence-corrected chi connectivity index (χ4v) is 3.17. The minimum absolute atomic E-state index is 0.0358. The molecule has 1 aliphatic rings. The number of benzene rings is 1. The van der Waals surface area contributed by atoms with Crippen molar-refractivity contribution in [2.75, 3.05) is 26.7 Å². The molecule has 20 heavy (non-hydrogen) atoms. The minimum Gasteiger partial charge on any atom is -0.316 e. The van der Waals surface area contributed by atoms with Gasteiger partial charge in [0.25, 0.3) is 0 Å². The number of nitrogens with one attached hydrogen (secondary N) is 1. The summed E-state index contributed by atoms with van der Waals surface area (Å²) in [4.78, 5) is 2.19. The largest absolute Gasteiger partial charge is 0.316 e. The topological polar surface area (TPSA) is 15.3 Å². The van der Waals surface area contributed by atoms with Crippen LogP contribution in [0.15, 0.2) is 18.2 Å². The predicted octanol–water partition coefficient (Wildman–Crippen LogP) is 3.35. The van der Waals surface area contributed by atoms with Crippen LogP contribution >= 0.6 is 0 Å². The Morgan fingerprint density at radius 2 is 2.15 bits per heavy atom. The Hall–Kier alpha value is -1.00. The molecule has 2 rings (SSSR count). The molecule has 112 valence electrons. The Labute approximate surface area is 120 Å². The highest BCUT2D eigenvalue weighted by molar-refractivity contribution is 5.23. The molecule has 1 fully saturated rings. The second-order valence-corrected chi connectivity index (χ2v) is 5.70. The highest BCUT2D eigenvalue weighted by atomic mass is 19.1. The molecule has 1 aliphatic heterocycles. The first kappa shape index (κ1) is 15.4. The van der Waals surface area contributed by atoms with Crippen LogP contribution in [0.3, 0.4) is 0 Å². The first-order chi connectivity index (χ1) is 9.63. The highest BCUT2D eigenvalue weighted by Gasteiger charge is 2.31. The smallest absolute Gasteiger partial charge is 0.130 e. The van der Waals surface area contributed by atoms with Gasteiger partial charge in [0, 0.05) is 17.7 Å². The van der Waals surface area contributed by atoms with Crippen molar-refractivity contribution in [3.63, 3.8) is 0 Å². The van der Waals surface area contributed by atoms with Gasteiger partial charge >= 0.3 is 0 Å². The van der Waals surface area contributed by atoms with Crippen molar-refractivity contribution in [3.05, 3.63) is 35.4 Å². The molecular formula is C16H24F2N2. The number of nitrogens with zero attached hydrogens (tertiary/aromatic N) is 1. The summed E-state index contributed by atoms with van der Waals surface area (Å²) in [6, 6.07) is 3.99. The fraction of sp³-hybridized carbons (Fsp3) is 0.625. The summed E-state index contributed by atoms with van der Waals surface area (Å²) in [7, 11) is 2.03. The lowest BCUT2D eigenvalue weighted by Gasteiger charge is -2.40. The van der Waals surface area contributed by atoms with Gasteiger partial charge in [-0.25, -0.2) is 8.78 Å². The maximum Gasteiger partial charge on any atom is 0.130 e. The summed E-state index contributed by atoms with van der Waals surface area (Å²) in [5.41, 5.74) is 0.622. The number of halogens is 2. The number of hydrogen-bond acceptors (Lipinski definition) is 2. The van der Waals surface area contributed by atoms with Crippen LogP contribution in [0.1, 0.15) is 37.8 Å². The first-order valence-electron chi connectivity index (χ1n) is 7.49. The lowest BCUT2D eigenvalue weighted by atomic mass is 9.84. The summed E-state index contributed by atoms with van der Waals surface area (Å²) in [6.07, 6.45) is 3.31. The zero-order chi connectivity index (χ0) is 14.5. The molecule has 2 unspecified atom stereocenters. The molecule has 0 aromatic heterocycles. The van der Waals surface area contributed by atoms with E-state index < -0.39 is 11.6 Å². The number of likely N-dealkylation sites (tertiary alicyclic amines) is 1. The molecule has 0 aliphatic carbocycles. The first-order valence-corrected chi connectivity index (χ1v) is 7.49. The second kappa shape index (κ2) is 7.14. The van der Waals surface area contributed by atoms with E-state index in [0.29, 0.717) is 11.5 Å². The van der Waals surface area contributed by atoms with Gasteiger partial charge in [-0.3, -0.25) is 4.90 Å². The van der Waals surface area contributed by atoms with Crippen LogP contribution in [0.5, 0.6) is 0 Å². The van der Waals surface area contributed by atoms with Crippen molar-refractivity contribution in [1.29, 1.82) is 0 Å². The lowest BCUT2D eigenvalue weighted by molar-refractivity contribution is 0.116. The third-order valence-corrected chi connectivity index (χ3v) is 4.12. The van der Waals surface area contributed by atoms with Crippen LogP contribution in [0.4, 0.5) is 8.78 Å². The van der Waals surface area contributed by atoms with Gasteiger partial charge < -0.3 is 5.32 Å². The van der Waals surface area contributed by atoms with Crippen LogP contribution in [0, 0.1) is 17.6 Å². The van der Waals surface area contributed by atoms with Gasteiger partial charge in [-0.05, 0) is 57.9 Å². The summed E-state index contributed by atoms with van der Waals surface area (Å²) in [5.74, 6) is -0.560. The van der Waals surface area contributed by atoms with Gasteiger partial charge in [0.2, 0.25) is 0 Å². The molecular weight excluding hydrogens is 258 g/mol. The van der Waals surface area contributed by atoms with E-state index in [4.69, 9.17) is 0 Å². The molecule has 2 nitrogen and oxygen atoms in total. The maximum atomic E-state index is 14.1. The summed E-state index contributed by atoms with van der Waals surface area (Å²) in [5, 5.41) is 3.43. The number of rotatable bonds is 5. The van der Waals surface area contributed by atoms with E-state index in [2.05, 4.69) is 17.1 Å². The maximum absolute atomic E-state index is 14.1. The molecule has 2 atom stereocenters. The van der Waals surface area contributed by atoms with Crippen LogP contribution in [-0.4, -0.2) is 31.6 Å². The zero-order valence-corrected chi connectivity index (χ0v) is 12.3. The zero-order valence-electron chi connectivity index (χ0n) is 12.3. The summed E-state index contributed by atoms with van der Waals surface area (Å²) < 4.78 is 27.2. The Morgan fingerprint density at radius 1 is 1.35 bits per heavy atom. The highest BCUT2D eigenvalue weighted by Crippen LogP contribution is 2.36. The third kappa shape index (κ3) is 3.55. The molecule has 1 aromatic carbocycles. The molecule has 4 heteroatoms. The van der Waals surface area contributed by atoms with E-state index in [9.17, 15) is 8.78 Å². The van der Waals surface area contributed by atoms with Gasteiger partial charge in [0.05, 0.1) is 0 Å². The van der Waals surface area contributed by atoms with E-state index in [0.717, 1.165) is 45.0 Å². The molecule has 1 saturated heterocycles. The average Bonchev–Trinajstić information content (AvgIpc) is 2.41. The van der Waals surface area contributed by atoms with Crippen LogP contribution in [0.25, 0.3) is 0 Å². The van der Waals surface area contributed by atoms with Gasteiger partial charge in [0.1, 0.15) is 11.6 Å². The summed E-state index contributed by atoms with van der Waals surface area (Å²) >= 11 is 0. The Kier molecular flexibility index (Phi) is 5.49. The van der Waals surface area contributed by atoms with E-state index in [1.165, 1.54) is 6.07 Å². The van der Waals surface area contributed by atoms with Crippen molar-refractivity contribution < 1.29 is 8.78 Å². The van der Waals surface area contributed by atoms with Crippen molar-refractivity contribution in [3.8, 4) is 0 Å². The molecule has 1 heterocycles. The van der Waals surface area contributed by atoms with Crippen LogP contribution in [0.2, 0.25) is 0 Å². The van der Waals surface area contributed by atoms with Gasteiger partial charge in [-0.15, -0.1) is 0 Å². The van der Waals surface area contributed by atoms with Gasteiger partial charge in [0.15, 0.2) is 0 Å². The lowest BCUT2D eigenvalue weighted by Crippen LogP contribution is -2.41. The monoisotopic (exact) mass is 282 g/mol. The quantitative estimate of drug-likeness (QED) is 0.833. The minimum atomic E-state index is -0.509. The SMILES string of the molecule is CCCNCC1CCCN(C)C1c1ccc(F)cc1F. The second-order valence-electron chi connectivity index (χ2n) is 5.70. The Balaban J connectivity index is 2.18. The standard InChI is InChI=1S/C16H24F2N2/c1-3-8-19-11-12-5-4-9-20(2)16(12)14-7-6-13(17)10-15(14)18/h6-7,10,12,16,19H,3-5,8-9,11H2,1-2H3. The fourth-order valence-electron chi connectivity index (χ4n) is 3.17. The van der Waals surface area contributed by atoms with Gasteiger partial charge in [-0.1, -0.05) is 13.0 Å². The van der Waals surface area contributed by atoms with Crippen LogP contribution in [-0.2, 0) is 0 Å². The van der Waals surface area contributed by atoms with E-state index in [1.807, 2.05) is 7.05 Å². The average molecular weight is 282 g/mol. The van der Waals surface area contributed by atoms with Crippen LogP contribution < -0.4 is 5.32 Å². The third-order valence-electron chi connectivity index (χ3n) is 4.12. The Morgan fingerprint density at radius 3 is 2.85 bits per heavy atom. The molecule has 0 bridgehead atoms. The van der Waals surface area contributed by atoms with E-state index >= 15 is 0 Å². The molecule has 1 aromatic rings.